The molecular formula is C26H25FN2O2S. The molecule has 0 aliphatic heterocycles. The Morgan fingerprint density at radius 1 is 1.12 bits per heavy atom. The summed E-state index contributed by atoms with van der Waals surface area (Å²) >= 11 is 1.50. The lowest BCUT2D eigenvalue weighted by molar-refractivity contribution is 0.199. The summed E-state index contributed by atoms with van der Waals surface area (Å²) in [5.41, 5.74) is 5.46. The van der Waals surface area contributed by atoms with E-state index < -0.39 is 0 Å². The van der Waals surface area contributed by atoms with Crippen molar-refractivity contribution in [3.05, 3.63) is 86.5 Å². The summed E-state index contributed by atoms with van der Waals surface area (Å²) in [4.78, 5) is 19.3. The van der Waals surface area contributed by atoms with Gasteiger partial charge in [0.2, 0.25) is 0 Å². The first-order valence-electron chi connectivity index (χ1n) is 11.0. The number of aryl methyl sites for hydroxylation is 2. The molecule has 4 aromatic rings. The predicted octanol–water partition coefficient (Wildman–Crippen LogP) is 5.38. The number of methoxy groups -OCH3 is 1. The summed E-state index contributed by atoms with van der Waals surface area (Å²) in [6, 6.07) is 12.9. The van der Waals surface area contributed by atoms with Crippen molar-refractivity contribution in [3.8, 4) is 11.1 Å². The van der Waals surface area contributed by atoms with Crippen LogP contribution in [-0.2, 0) is 30.5 Å². The lowest BCUT2D eigenvalue weighted by Gasteiger charge is -2.17. The third-order valence-electron chi connectivity index (χ3n) is 6.19. The molecule has 2 aromatic carbocycles. The largest absolute Gasteiger partial charge is 0.384 e. The van der Waals surface area contributed by atoms with Crippen molar-refractivity contribution in [2.75, 3.05) is 13.7 Å². The van der Waals surface area contributed by atoms with Crippen molar-refractivity contribution >= 4 is 21.6 Å². The summed E-state index contributed by atoms with van der Waals surface area (Å²) in [5.74, 6) is 0.348. The van der Waals surface area contributed by atoms with Gasteiger partial charge in [0.15, 0.2) is 0 Å². The van der Waals surface area contributed by atoms with Gasteiger partial charge in [-0.15, -0.1) is 11.3 Å². The second-order valence-corrected chi connectivity index (χ2v) is 9.17. The number of hydrogen-bond donors (Lipinski definition) is 0. The van der Waals surface area contributed by atoms with Crippen LogP contribution in [0.25, 0.3) is 21.3 Å². The first-order valence-corrected chi connectivity index (χ1v) is 11.9. The zero-order chi connectivity index (χ0) is 22.1. The molecule has 0 N–H and O–H groups in total. The fourth-order valence-corrected chi connectivity index (χ4v) is 5.50. The van der Waals surface area contributed by atoms with Gasteiger partial charge < -0.3 is 4.74 Å². The van der Waals surface area contributed by atoms with Crippen LogP contribution in [0.1, 0.15) is 35.4 Å². The van der Waals surface area contributed by atoms with E-state index in [1.165, 1.54) is 47.4 Å². The Hall–Kier alpha value is -2.83. The van der Waals surface area contributed by atoms with Crippen molar-refractivity contribution in [1.29, 1.82) is 0 Å². The van der Waals surface area contributed by atoms with Crippen molar-refractivity contribution in [2.45, 2.75) is 38.6 Å². The standard InChI is InChI=1S/C26H25FN2O2S/c1-31-12-11-23-28-25-24(26(30)29(23)15-17-5-4-8-21(27)13-17)22(16-32-25)20-10-9-18-6-2-3-7-19(18)14-20/h4-5,8-10,13-14,16H,2-3,6-7,11-12,15H2,1H3. The molecule has 0 amide bonds. The zero-order valence-electron chi connectivity index (χ0n) is 18.1. The molecule has 164 valence electrons. The molecule has 32 heavy (non-hydrogen) atoms. The highest BCUT2D eigenvalue weighted by molar-refractivity contribution is 7.17. The Bertz CT molecular complexity index is 1340. The predicted molar refractivity (Wildman–Crippen MR) is 127 cm³/mol. The molecular weight excluding hydrogens is 423 g/mol. The maximum atomic E-state index is 13.8. The van der Waals surface area contributed by atoms with Gasteiger partial charge in [-0.05, 0) is 60.1 Å². The Morgan fingerprint density at radius 2 is 1.97 bits per heavy atom. The molecule has 1 aliphatic carbocycles. The number of aromatic nitrogens is 2. The van der Waals surface area contributed by atoms with Gasteiger partial charge in [0.25, 0.3) is 5.56 Å². The quantitative estimate of drug-likeness (QED) is 0.398. The third kappa shape index (κ3) is 4.00. The number of nitrogens with zero attached hydrogens (tertiary/aromatic N) is 2. The SMILES string of the molecule is COCCc1nc2scc(-c3ccc4c(c3)CCCC4)c2c(=O)n1Cc1cccc(F)c1. The number of fused-ring (bicyclic) bond motifs is 2. The van der Waals surface area contributed by atoms with E-state index in [9.17, 15) is 9.18 Å². The Labute approximate surface area is 190 Å². The average Bonchev–Trinajstić information content (AvgIpc) is 3.23. The second-order valence-electron chi connectivity index (χ2n) is 8.31. The minimum Gasteiger partial charge on any atom is -0.384 e. The molecule has 0 atom stereocenters. The zero-order valence-corrected chi connectivity index (χ0v) is 18.9. The van der Waals surface area contributed by atoms with Gasteiger partial charge in [0.1, 0.15) is 16.5 Å². The summed E-state index contributed by atoms with van der Waals surface area (Å²) in [6.07, 6.45) is 5.20. The van der Waals surface area contributed by atoms with Crippen LogP contribution in [0.5, 0.6) is 0 Å². The number of benzene rings is 2. The maximum absolute atomic E-state index is 13.8. The number of halogens is 1. The second kappa shape index (κ2) is 8.96. The average molecular weight is 449 g/mol. The van der Waals surface area contributed by atoms with Crippen molar-refractivity contribution in [3.63, 3.8) is 0 Å². The van der Waals surface area contributed by atoms with E-state index in [-0.39, 0.29) is 17.9 Å². The molecule has 4 nitrogen and oxygen atoms in total. The van der Waals surface area contributed by atoms with Crippen LogP contribution in [0.15, 0.2) is 52.6 Å². The van der Waals surface area contributed by atoms with E-state index in [1.54, 1.807) is 17.7 Å². The molecule has 0 spiro atoms. The summed E-state index contributed by atoms with van der Waals surface area (Å²) in [7, 11) is 1.63. The molecule has 0 unspecified atom stereocenters. The molecule has 2 heterocycles. The van der Waals surface area contributed by atoms with Crippen LogP contribution in [0, 0.1) is 5.82 Å². The van der Waals surface area contributed by atoms with Crippen molar-refractivity contribution in [2.24, 2.45) is 0 Å². The molecule has 0 saturated heterocycles. The lowest BCUT2D eigenvalue weighted by Crippen LogP contribution is -2.26. The molecule has 6 heteroatoms. The van der Waals surface area contributed by atoms with Gasteiger partial charge in [0.05, 0.1) is 18.5 Å². The monoisotopic (exact) mass is 448 g/mol. The summed E-state index contributed by atoms with van der Waals surface area (Å²) < 4.78 is 20.7. The Balaban J connectivity index is 1.65. The van der Waals surface area contributed by atoms with E-state index in [2.05, 4.69) is 18.2 Å². The molecule has 0 bridgehead atoms. The lowest BCUT2D eigenvalue weighted by atomic mass is 9.89. The number of ether oxygens (including phenoxy) is 1. The van der Waals surface area contributed by atoms with Crippen LogP contribution < -0.4 is 5.56 Å². The fourth-order valence-electron chi connectivity index (χ4n) is 4.54. The maximum Gasteiger partial charge on any atom is 0.263 e. The number of thiophene rings is 1. The van der Waals surface area contributed by atoms with Crippen molar-refractivity contribution < 1.29 is 9.13 Å². The molecule has 1 aliphatic rings. The van der Waals surface area contributed by atoms with Gasteiger partial charge in [-0.1, -0.05) is 30.3 Å². The van der Waals surface area contributed by atoms with Gasteiger partial charge in [0, 0.05) is 24.5 Å². The van der Waals surface area contributed by atoms with Gasteiger partial charge in [-0.3, -0.25) is 9.36 Å². The minimum atomic E-state index is -0.312. The fraction of sp³-hybridized carbons (Fsp3) is 0.308. The van der Waals surface area contributed by atoms with Crippen molar-refractivity contribution in [1.82, 2.24) is 9.55 Å². The van der Waals surface area contributed by atoms with E-state index in [1.807, 2.05) is 11.4 Å². The van der Waals surface area contributed by atoms with E-state index in [0.717, 1.165) is 34.4 Å². The van der Waals surface area contributed by atoms with Gasteiger partial charge >= 0.3 is 0 Å². The molecule has 0 radical (unpaired) electrons. The summed E-state index contributed by atoms with van der Waals surface area (Å²) in [5, 5.41) is 2.68. The molecule has 5 rings (SSSR count). The highest BCUT2D eigenvalue weighted by atomic mass is 32.1. The molecule has 2 aromatic heterocycles. The Kier molecular flexibility index (Phi) is 5.89. The van der Waals surface area contributed by atoms with Crippen LogP contribution in [-0.4, -0.2) is 23.3 Å². The number of hydrogen-bond acceptors (Lipinski definition) is 4. The molecule has 0 fully saturated rings. The minimum absolute atomic E-state index is 0.0839. The first-order chi connectivity index (χ1) is 15.6. The van der Waals surface area contributed by atoms with Crippen LogP contribution in [0.4, 0.5) is 4.39 Å². The van der Waals surface area contributed by atoms with E-state index >= 15 is 0 Å². The highest BCUT2D eigenvalue weighted by Gasteiger charge is 2.19. The van der Waals surface area contributed by atoms with E-state index in [0.29, 0.717) is 24.2 Å². The van der Waals surface area contributed by atoms with Gasteiger partial charge in [-0.25, -0.2) is 9.37 Å². The Morgan fingerprint density at radius 3 is 2.78 bits per heavy atom. The summed E-state index contributed by atoms with van der Waals surface area (Å²) in [6.45, 7) is 0.738. The van der Waals surface area contributed by atoms with Crippen LogP contribution in [0.2, 0.25) is 0 Å². The van der Waals surface area contributed by atoms with E-state index in [4.69, 9.17) is 9.72 Å². The number of rotatable bonds is 6. The van der Waals surface area contributed by atoms with Gasteiger partial charge in [-0.2, -0.15) is 0 Å². The topological polar surface area (TPSA) is 44.1 Å². The van der Waals surface area contributed by atoms with Crippen LogP contribution >= 0.6 is 11.3 Å². The third-order valence-corrected chi connectivity index (χ3v) is 7.06. The normalized spacial score (nSPS) is 13.4. The van der Waals surface area contributed by atoms with Crippen LogP contribution in [0.3, 0.4) is 0 Å². The molecule has 0 saturated carbocycles. The highest BCUT2D eigenvalue weighted by Crippen LogP contribution is 2.34. The smallest absolute Gasteiger partial charge is 0.263 e. The first kappa shape index (κ1) is 21.0.